The number of rotatable bonds is 5. The fraction of sp³-hybridized carbons (Fsp3) is 0.389. The van der Waals surface area contributed by atoms with Crippen molar-refractivity contribution in [1.82, 2.24) is 14.9 Å². The molecule has 1 aromatic heterocycles. The van der Waals surface area contributed by atoms with Crippen LogP contribution in [-0.4, -0.2) is 54.1 Å². The van der Waals surface area contributed by atoms with Gasteiger partial charge in [0.1, 0.15) is 5.75 Å². The van der Waals surface area contributed by atoms with E-state index < -0.39 is 0 Å². The van der Waals surface area contributed by atoms with Crippen molar-refractivity contribution < 1.29 is 9.53 Å². The number of amides is 1. The van der Waals surface area contributed by atoms with Crippen LogP contribution >= 0.6 is 0 Å². The first-order chi connectivity index (χ1) is 11.8. The lowest BCUT2D eigenvalue weighted by molar-refractivity contribution is -0.131. The molecule has 0 saturated carbocycles. The van der Waals surface area contributed by atoms with Gasteiger partial charge in [0.2, 0.25) is 11.9 Å². The van der Waals surface area contributed by atoms with Gasteiger partial charge in [0.15, 0.2) is 0 Å². The summed E-state index contributed by atoms with van der Waals surface area (Å²) in [6, 6.07) is 9.66. The normalized spacial score (nSPS) is 14.5. The van der Waals surface area contributed by atoms with E-state index in [0.717, 1.165) is 30.4 Å². The molecule has 0 N–H and O–H groups in total. The molecule has 0 bridgehead atoms. The monoisotopic (exact) mass is 326 g/mol. The summed E-state index contributed by atoms with van der Waals surface area (Å²) in [4.78, 5) is 25.0. The molecule has 6 nitrogen and oxygen atoms in total. The molecule has 0 unspecified atom stereocenters. The molecular weight excluding hydrogens is 304 g/mol. The Morgan fingerprint density at radius 2 is 1.79 bits per heavy atom. The zero-order valence-electron chi connectivity index (χ0n) is 13.9. The molecule has 1 fully saturated rings. The first-order valence-electron chi connectivity index (χ1n) is 8.19. The fourth-order valence-electron chi connectivity index (χ4n) is 2.92. The molecule has 2 heterocycles. The first-order valence-corrected chi connectivity index (χ1v) is 8.19. The number of carbonyl (C=O) groups is 1. The number of aromatic nitrogens is 2. The molecular formula is C18H22N4O2. The quantitative estimate of drug-likeness (QED) is 0.838. The number of methoxy groups -OCH3 is 1. The third-order valence-corrected chi connectivity index (χ3v) is 4.27. The van der Waals surface area contributed by atoms with Gasteiger partial charge in [0.05, 0.1) is 7.11 Å². The fourth-order valence-corrected chi connectivity index (χ4v) is 2.92. The molecule has 0 spiro atoms. The average molecular weight is 326 g/mol. The zero-order chi connectivity index (χ0) is 16.8. The Hall–Kier alpha value is -2.63. The highest BCUT2D eigenvalue weighted by molar-refractivity contribution is 5.76. The highest BCUT2D eigenvalue weighted by Crippen LogP contribution is 2.19. The maximum absolute atomic E-state index is 12.4. The number of ether oxygens (including phenoxy) is 1. The number of benzene rings is 1. The van der Waals surface area contributed by atoms with E-state index in [9.17, 15) is 4.79 Å². The van der Waals surface area contributed by atoms with Crippen LogP contribution in [0.25, 0.3) is 0 Å². The minimum Gasteiger partial charge on any atom is -0.496 e. The van der Waals surface area contributed by atoms with Gasteiger partial charge in [-0.15, -0.1) is 0 Å². The van der Waals surface area contributed by atoms with E-state index in [-0.39, 0.29) is 5.91 Å². The van der Waals surface area contributed by atoms with E-state index in [4.69, 9.17) is 4.74 Å². The minimum absolute atomic E-state index is 0.189. The van der Waals surface area contributed by atoms with Gasteiger partial charge in [-0.3, -0.25) is 4.79 Å². The predicted octanol–water partition coefficient (Wildman–Crippen LogP) is 1.77. The Bertz CT molecular complexity index is 670. The summed E-state index contributed by atoms with van der Waals surface area (Å²) < 4.78 is 5.34. The van der Waals surface area contributed by atoms with Crippen molar-refractivity contribution in [3.05, 3.63) is 48.3 Å². The number of anilines is 1. The van der Waals surface area contributed by atoms with Crippen LogP contribution in [0.5, 0.6) is 5.75 Å². The number of aryl methyl sites for hydroxylation is 1. The van der Waals surface area contributed by atoms with Crippen LogP contribution < -0.4 is 9.64 Å². The highest BCUT2D eigenvalue weighted by atomic mass is 16.5. The topological polar surface area (TPSA) is 58.6 Å². The Balaban J connectivity index is 1.50. The van der Waals surface area contributed by atoms with Gasteiger partial charge in [0.25, 0.3) is 0 Å². The minimum atomic E-state index is 0.189. The van der Waals surface area contributed by atoms with Gasteiger partial charge >= 0.3 is 0 Å². The van der Waals surface area contributed by atoms with Gasteiger partial charge in [-0.1, -0.05) is 18.2 Å². The average Bonchev–Trinajstić information content (AvgIpc) is 2.67. The van der Waals surface area contributed by atoms with Gasteiger partial charge < -0.3 is 14.5 Å². The largest absolute Gasteiger partial charge is 0.496 e. The summed E-state index contributed by atoms with van der Waals surface area (Å²) in [6.07, 6.45) is 4.69. The second-order valence-corrected chi connectivity index (χ2v) is 5.73. The molecule has 0 atom stereocenters. The second-order valence-electron chi connectivity index (χ2n) is 5.73. The summed E-state index contributed by atoms with van der Waals surface area (Å²) in [7, 11) is 1.66. The standard InChI is InChI=1S/C18H22N4O2/c1-24-16-6-3-2-5-15(16)7-8-17(23)21-11-13-22(14-12-21)18-19-9-4-10-20-18/h2-6,9-10H,7-8,11-14H2,1H3. The van der Waals surface area contributed by atoms with Crippen LogP contribution in [0.1, 0.15) is 12.0 Å². The van der Waals surface area contributed by atoms with E-state index in [0.29, 0.717) is 25.9 Å². The van der Waals surface area contributed by atoms with Crippen molar-refractivity contribution in [2.45, 2.75) is 12.8 Å². The number of para-hydroxylation sites is 1. The van der Waals surface area contributed by atoms with E-state index in [1.54, 1.807) is 25.6 Å². The van der Waals surface area contributed by atoms with Crippen molar-refractivity contribution >= 4 is 11.9 Å². The maximum atomic E-state index is 12.4. The second kappa shape index (κ2) is 7.77. The van der Waals surface area contributed by atoms with E-state index >= 15 is 0 Å². The number of nitrogens with zero attached hydrogens (tertiary/aromatic N) is 4. The van der Waals surface area contributed by atoms with Crippen molar-refractivity contribution in [3.63, 3.8) is 0 Å². The molecule has 0 aliphatic carbocycles. The molecule has 0 radical (unpaired) electrons. The molecule has 1 aliphatic rings. The smallest absolute Gasteiger partial charge is 0.225 e. The summed E-state index contributed by atoms with van der Waals surface area (Å²) in [5, 5.41) is 0. The Labute approximate surface area is 142 Å². The molecule has 6 heteroatoms. The van der Waals surface area contributed by atoms with Gasteiger partial charge in [0, 0.05) is 45.0 Å². The molecule has 1 aliphatic heterocycles. The van der Waals surface area contributed by atoms with Crippen molar-refractivity contribution in [3.8, 4) is 5.75 Å². The van der Waals surface area contributed by atoms with E-state index in [2.05, 4.69) is 14.9 Å². The molecule has 1 saturated heterocycles. The van der Waals surface area contributed by atoms with Crippen molar-refractivity contribution in [2.75, 3.05) is 38.2 Å². The highest BCUT2D eigenvalue weighted by Gasteiger charge is 2.22. The summed E-state index contributed by atoms with van der Waals surface area (Å²) in [5.74, 6) is 1.77. The Kier molecular flexibility index (Phi) is 5.25. The molecule has 24 heavy (non-hydrogen) atoms. The molecule has 126 valence electrons. The first kappa shape index (κ1) is 16.2. The van der Waals surface area contributed by atoms with Crippen LogP contribution in [0.15, 0.2) is 42.7 Å². The molecule has 3 rings (SSSR count). The molecule has 2 aromatic rings. The van der Waals surface area contributed by atoms with Crippen LogP contribution in [0.4, 0.5) is 5.95 Å². The maximum Gasteiger partial charge on any atom is 0.225 e. The summed E-state index contributed by atoms with van der Waals surface area (Å²) >= 11 is 0. The summed E-state index contributed by atoms with van der Waals surface area (Å²) in [5.41, 5.74) is 1.07. The lowest BCUT2D eigenvalue weighted by Gasteiger charge is -2.34. The zero-order valence-corrected chi connectivity index (χ0v) is 13.9. The van der Waals surface area contributed by atoms with Crippen LogP contribution in [0.2, 0.25) is 0 Å². The van der Waals surface area contributed by atoms with Crippen molar-refractivity contribution in [1.29, 1.82) is 0 Å². The Morgan fingerprint density at radius 1 is 1.08 bits per heavy atom. The molecule has 1 aromatic carbocycles. The predicted molar refractivity (Wildman–Crippen MR) is 92.1 cm³/mol. The van der Waals surface area contributed by atoms with Gasteiger partial charge in [-0.2, -0.15) is 0 Å². The van der Waals surface area contributed by atoms with Crippen molar-refractivity contribution in [2.24, 2.45) is 0 Å². The Morgan fingerprint density at radius 3 is 2.50 bits per heavy atom. The van der Waals surface area contributed by atoms with Crippen LogP contribution in [-0.2, 0) is 11.2 Å². The summed E-state index contributed by atoms with van der Waals surface area (Å²) in [6.45, 7) is 2.96. The number of hydrogen-bond donors (Lipinski definition) is 0. The third-order valence-electron chi connectivity index (χ3n) is 4.27. The molecule has 1 amide bonds. The third kappa shape index (κ3) is 3.82. The van der Waals surface area contributed by atoms with Gasteiger partial charge in [-0.25, -0.2) is 9.97 Å². The van der Waals surface area contributed by atoms with E-state index in [1.165, 1.54) is 0 Å². The van der Waals surface area contributed by atoms with Crippen LogP contribution in [0.3, 0.4) is 0 Å². The van der Waals surface area contributed by atoms with E-state index in [1.807, 2.05) is 29.2 Å². The number of hydrogen-bond acceptors (Lipinski definition) is 5. The van der Waals surface area contributed by atoms with Crippen LogP contribution in [0, 0.1) is 0 Å². The lowest BCUT2D eigenvalue weighted by atomic mass is 10.1. The number of carbonyl (C=O) groups excluding carboxylic acids is 1. The lowest BCUT2D eigenvalue weighted by Crippen LogP contribution is -2.49. The van der Waals surface area contributed by atoms with Gasteiger partial charge in [-0.05, 0) is 24.1 Å². The SMILES string of the molecule is COc1ccccc1CCC(=O)N1CCN(c2ncccn2)CC1. The number of piperazine rings is 1.